The van der Waals surface area contributed by atoms with Crippen LogP contribution in [0, 0.1) is 5.82 Å². The van der Waals surface area contributed by atoms with E-state index in [1.165, 1.54) is 24.1 Å². The molecule has 1 saturated carbocycles. The van der Waals surface area contributed by atoms with Crippen molar-refractivity contribution in [2.45, 2.75) is 18.4 Å². The average molecular weight is 283 g/mol. The first-order valence-electron chi connectivity index (χ1n) is 7.48. The van der Waals surface area contributed by atoms with E-state index < -0.39 is 0 Å². The van der Waals surface area contributed by atoms with Crippen LogP contribution in [0.25, 0.3) is 11.3 Å². The lowest BCUT2D eigenvalue weighted by atomic mass is 10.1. The van der Waals surface area contributed by atoms with Crippen LogP contribution in [0.15, 0.2) is 42.6 Å². The maximum atomic E-state index is 12.9. The normalized spacial score (nSPS) is 25.2. The number of halogens is 1. The molecule has 0 unspecified atom stereocenters. The van der Waals surface area contributed by atoms with E-state index in [9.17, 15) is 4.39 Å². The molecule has 2 aliphatic rings. The number of aromatic nitrogens is 1. The van der Waals surface area contributed by atoms with Crippen molar-refractivity contribution in [3.05, 3.63) is 54.0 Å². The van der Waals surface area contributed by atoms with Gasteiger partial charge in [0.15, 0.2) is 0 Å². The Labute approximate surface area is 123 Å². The highest BCUT2D eigenvalue weighted by Crippen LogP contribution is 2.44. The molecule has 4 heteroatoms. The Hall–Kier alpha value is -1.78. The topological polar surface area (TPSA) is 28.2 Å². The molecule has 2 fully saturated rings. The van der Waals surface area contributed by atoms with Crippen molar-refractivity contribution in [3.8, 4) is 11.3 Å². The quantitative estimate of drug-likeness (QED) is 0.938. The van der Waals surface area contributed by atoms with Gasteiger partial charge >= 0.3 is 0 Å². The largest absolute Gasteiger partial charge is 0.303 e. The van der Waals surface area contributed by atoms with E-state index in [-0.39, 0.29) is 5.82 Å². The highest BCUT2D eigenvalue weighted by molar-refractivity contribution is 5.59. The van der Waals surface area contributed by atoms with E-state index in [1.54, 1.807) is 12.1 Å². The van der Waals surface area contributed by atoms with Gasteiger partial charge in [-0.05, 0) is 42.3 Å². The summed E-state index contributed by atoms with van der Waals surface area (Å²) in [7, 11) is 0. The highest BCUT2D eigenvalue weighted by atomic mass is 19.1. The fourth-order valence-corrected chi connectivity index (χ4v) is 3.17. The summed E-state index contributed by atoms with van der Waals surface area (Å²) in [6, 6.07) is 11.4. The first kappa shape index (κ1) is 12.9. The first-order chi connectivity index (χ1) is 10.3. The molecule has 0 bridgehead atoms. The molecule has 1 aromatic carbocycles. The fourth-order valence-electron chi connectivity index (χ4n) is 3.17. The van der Waals surface area contributed by atoms with E-state index >= 15 is 0 Å². The van der Waals surface area contributed by atoms with E-state index in [2.05, 4.69) is 21.3 Å². The molecule has 4 rings (SSSR count). The third kappa shape index (κ3) is 2.57. The maximum absolute atomic E-state index is 12.9. The van der Waals surface area contributed by atoms with Crippen molar-refractivity contribution in [2.24, 2.45) is 0 Å². The van der Waals surface area contributed by atoms with Crippen LogP contribution >= 0.6 is 0 Å². The van der Waals surface area contributed by atoms with Crippen molar-refractivity contribution >= 4 is 0 Å². The zero-order valence-corrected chi connectivity index (χ0v) is 11.8. The lowest BCUT2D eigenvalue weighted by Gasteiger charge is -2.13. The zero-order chi connectivity index (χ0) is 14.2. The Morgan fingerprint density at radius 3 is 2.67 bits per heavy atom. The Morgan fingerprint density at radius 2 is 2.00 bits per heavy atom. The van der Waals surface area contributed by atoms with Crippen LogP contribution in [0.1, 0.15) is 17.9 Å². The maximum Gasteiger partial charge on any atom is 0.123 e. The van der Waals surface area contributed by atoms with E-state index in [1.807, 2.05) is 12.3 Å². The lowest BCUT2D eigenvalue weighted by Crippen LogP contribution is -2.25. The van der Waals surface area contributed by atoms with Gasteiger partial charge in [-0.3, -0.25) is 9.88 Å². The predicted molar refractivity (Wildman–Crippen MR) is 80.4 cm³/mol. The molecule has 2 aromatic rings. The van der Waals surface area contributed by atoms with Gasteiger partial charge in [-0.25, -0.2) is 4.39 Å². The van der Waals surface area contributed by atoms with Gasteiger partial charge in [-0.1, -0.05) is 6.07 Å². The first-order valence-corrected chi connectivity index (χ1v) is 7.48. The Morgan fingerprint density at radius 1 is 1.14 bits per heavy atom. The molecular formula is C17H18FN3. The molecule has 1 aliphatic carbocycles. The van der Waals surface area contributed by atoms with E-state index in [0.717, 1.165) is 31.0 Å². The second-order valence-electron chi connectivity index (χ2n) is 5.86. The van der Waals surface area contributed by atoms with Crippen molar-refractivity contribution in [1.82, 2.24) is 15.2 Å². The summed E-state index contributed by atoms with van der Waals surface area (Å²) >= 11 is 0. The number of nitrogens with zero attached hydrogens (tertiary/aromatic N) is 2. The smallest absolute Gasteiger partial charge is 0.123 e. The molecule has 1 saturated heterocycles. The summed E-state index contributed by atoms with van der Waals surface area (Å²) < 4.78 is 12.9. The van der Waals surface area contributed by atoms with Crippen molar-refractivity contribution in [2.75, 3.05) is 19.8 Å². The molecule has 1 aliphatic heterocycles. The molecule has 0 spiro atoms. The van der Waals surface area contributed by atoms with Gasteiger partial charge in [0.2, 0.25) is 0 Å². The van der Waals surface area contributed by atoms with Gasteiger partial charge in [-0.15, -0.1) is 0 Å². The molecule has 2 heterocycles. The third-order valence-electron chi connectivity index (χ3n) is 4.47. The average Bonchev–Trinajstić information content (AvgIpc) is 3.13. The molecule has 1 aromatic heterocycles. The van der Waals surface area contributed by atoms with Crippen LogP contribution < -0.4 is 5.32 Å². The molecule has 1 N–H and O–H groups in total. The molecule has 3 nitrogen and oxygen atoms in total. The number of rotatable bonds is 3. The molecule has 2 atom stereocenters. The summed E-state index contributed by atoms with van der Waals surface area (Å²) in [6.07, 6.45) is 3.21. The summed E-state index contributed by atoms with van der Waals surface area (Å²) in [4.78, 5) is 7.06. The number of nitrogens with one attached hydrogen (secondary N) is 1. The molecular weight excluding hydrogens is 265 g/mol. The van der Waals surface area contributed by atoms with Gasteiger partial charge in [-0.2, -0.15) is 0 Å². The summed E-state index contributed by atoms with van der Waals surface area (Å²) in [5.74, 6) is 0.412. The van der Waals surface area contributed by atoms with Gasteiger partial charge in [0.1, 0.15) is 5.82 Å². The summed E-state index contributed by atoms with van der Waals surface area (Å²) in [5, 5.41) is 3.38. The molecule has 0 radical (unpaired) electrons. The Balaban J connectivity index is 1.48. The minimum Gasteiger partial charge on any atom is -0.303 e. The standard InChI is InChI=1S/C17H18FN3/c18-14-4-1-12(2-5-14)16-6-3-13(10-20-16)15-9-17(15)21-8-7-19-11-21/h1-6,10,15,17,19H,7-9,11H2/t15-,17+/m0/s1. The fraction of sp³-hybridized carbons (Fsp3) is 0.353. The van der Waals surface area contributed by atoms with E-state index in [4.69, 9.17) is 0 Å². The second-order valence-corrected chi connectivity index (χ2v) is 5.86. The van der Waals surface area contributed by atoms with Crippen molar-refractivity contribution in [1.29, 1.82) is 0 Å². The number of hydrogen-bond donors (Lipinski definition) is 1. The van der Waals surface area contributed by atoms with Crippen LogP contribution in [-0.4, -0.2) is 35.7 Å². The van der Waals surface area contributed by atoms with Crippen LogP contribution in [0.4, 0.5) is 4.39 Å². The zero-order valence-electron chi connectivity index (χ0n) is 11.8. The Bertz CT molecular complexity index is 617. The van der Waals surface area contributed by atoms with Crippen LogP contribution in [0.3, 0.4) is 0 Å². The molecule has 21 heavy (non-hydrogen) atoms. The third-order valence-corrected chi connectivity index (χ3v) is 4.47. The molecule has 0 amide bonds. The van der Waals surface area contributed by atoms with Gasteiger partial charge in [0.05, 0.1) is 5.69 Å². The highest BCUT2D eigenvalue weighted by Gasteiger charge is 2.43. The Kier molecular flexibility index (Phi) is 3.20. The minimum absolute atomic E-state index is 0.213. The van der Waals surface area contributed by atoms with Crippen LogP contribution in [0.2, 0.25) is 0 Å². The predicted octanol–water partition coefficient (Wildman–Crippen LogP) is 2.61. The SMILES string of the molecule is Fc1ccc(-c2ccc([C@@H]3C[C@H]3N3CCNC3)cn2)cc1. The van der Waals surface area contributed by atoms with Crippen LogP contribution in [-0.2, 0) is 0 Å². The second kappa shape index (κ2) is 5.20. The lowest BCUT2D eigenvalue weighted by molar-refractivity contribution is 0.319. The number of pyridine rings is 1. The van der Waals surface area contributed by atoms with Crippen LogP contribution in [0.5, 0.6) is 0 Å². The molecule has 108 valence electrons. The van der Waals surface area contributed by atoms with Crippen molar-refractivity contribution in [3.63, 3.8) is 0 Å². The number of hydrogen-bond acceptors (Lipinski definition) is 3. The van der Waals surface area contributed by atoms with Crippen molar-refractivity contribution < 1.29 is 4.39 Å². The minimum atomic E-state index is -0.213. The number of benzene rings is 1. The van der Waals surface area contributed by atoms with Gasteiger partial charge in [0, 0.05) is 43.5 Å². The van der Waals surface area contributed by atoms with Gasteiger partial charge in [0.25, 0.3) is 0 Å². The summed E-state index contributed by atoms with van der Waals surface area (Å²) in [5.41, 5.74) is 3.18. The monoisotopic (exact) mass is 283 g/mol. The van der Waals surface area contributed by atoms with E-state index in [0.29, 0.717) is 12.0 Å². The summed E-state index contributed by atoms with van der Waals surface area (Å²) in [6.45, 7) is 3.27. The van der Waals surface area contributed by atoms with Gasteiger partial charge < -0.3 is 5.32 Å².